The van der Waals surface area contributed by atoms with Gasteiger partial charge in [-0.2, -0.15) is 18.3 Å². The van der Waals surface area contributed by atoms with Gasteiger partial charge in [-0.05, 0) is 44.0 Å². The number of aryl methyl sites for hydroxylation is 2. The van der Waals surface area contributed by atoms with E-state index in [1.165, 1.54) is 6.20 Å². The molecule has 1 atom stereocenters. The lowest BCUT2D eigenvalue weighted by atomic mass is 10.1. The summed E-state index contributed by atoms with van der Waals surface area (Å²) in [5.74, 6) is -2.32. The highest BCUT2D eigenvalue weighted by atomic mass is 19.4. The second-order valence-corrected chi connectivity index (χ2v) is 8.39. The molecule has 1 aliphatic heterocycles. The molecule has 0 aliphatic carbocycles. The summed E-state index contributed by atoms with van der Waals surface area (Å²) in [6, 6.07) is 2.33. The molecule has 0 bridgehead atoms. The van der Waals surface area contributed by atoms with Crippen LogP contribution in [0.5, 0.6) is 0 Å². The number of ether oxygens (including phenoxy) is 1. The van der Waals surface area contributed by atoms with Crippen LogP contribution >= 0.6 is 0 Å². The zero-order valence-corrected chi connectivity index (χ0v) is 19.1. The number of aromatic nitrogens is 4. The highest BCUT2D eigenvalue weighted by Gasteiger charge is 2.37. The lowest BCUT2D eigenvalue weighted by Crippen LogP contribution is -2.42. The summed E-state index contributed by atoms with van der Waals surface area (Å²) in [6.45, 7) is 6.95. The highest BCUT2D eigenvalue weighted by Crippen LogP contribution is 2.35. The number of rotatable bonds is 5. The second kappa shape index (κ2) is 9.21. The summed E-state index contributed by atoms with van der Waals surface area (Å²) in [5, 5.41) is 4.18. The van der Waals surface area contributed by atoms with Crippen molar-refractivity contribution in [1.29, 1.82) is 0 Å². The minimum atomic E-state index is -4.96. The smallest absolute Gasteiger partial charge is 0.375 e. The van der Waals surface area contributed by atoms with Crippen LogP contribution < -0.4 is 10.5 Å². The van der Waals surface area contributed by atoms with Crippen molar-refractivity contribution in [3.63, 3.8) is 0 Å². The zero-order valence-electron chi connectivity index (χ0n) is 19.1. The van der Waals surface area contributed by atoms with E-state index >= 15 is 4.39 Å². The molecule has 34 heavy (non-hydrogen) atoms. The van der Waals surface area contributed by atoms with Crippen molar-refractivity contribution >= 4 is 5.82 Å². The molecule has 7 nitrogen and oxygen atoms in total. The third-order valence-electron chi connectivity index (χ3n) is 5.66. The number of hydrogen-bond acceptors (Lipinski definition) is 5. The quantitative estimate of drug-likeness (QED) is 0.522. The summed E-state index contributed by atoms with van der Waals surface area (Å²) in [7, 11) is 0. The molecule has 11 heteroatoms. The summed E-state index contributed by atoms with van der Waals surface area (Å²) in [4.78, 5) is 19.1. The van der Waals surface area contributed by atoms with Crippen molar-refractivity contribution in [2.24, 2.45) is 0 Å². The van der Waals surface area contributed by atoms with Gasteiger partial charge in [-0.25, -0.2) is 9.37 Å². The Morgan fingerprint density at radius 1 is 1.24 bits per heavy atom. The Hall–Kier alpha value is -3.21. The molecular formula is C23H25F4N5O2. The third kappa shape index (κ3) is 4.84. The number of pyridine rings is 2. The third-order valence-corrected chi connectivity index (χ3v) is 5.66. The Morgan fingerprint density at radius 2 is 2.00 bits per heavy atom. The van der Waals surface area contributed by atoms with Crippen molar-refractivity contribution in [3.8, 4) is 5.82 Å². The summed E-state index contributed by atoms with van der Waals surface area (Å²) < 4.78 is 64.5. The van der Waals surface area contributed by atoms with E-state index in [2.05, 4.69) is 10.1 Å². The van der Waals surface area contributed by atoms with Gasteiger partial charge >= 0.3 is 6.18 Å². The number of anilines is 1. The monoisotopic (exact) mass is 479 g/mol. The predicted molar refractivity (Wildman–Crippen MR) is 118 cm³/mol. The molecule has 0 N–H and O–H groups in total. The number of hydrogen-bond donors (Lipinski definition) is 0. The Labute approximate surface area is 193 Å². The number of nitrogens with zero attached hydrogens (tertiary/aromatic N) is 5. The van der Waals surface area contributed by atoms with Gasteiger partial charge in [0.05, 0.1) is 24.5 Å². The highest BCUT2D eigenvalue weighted by molar-refractivity contribution is 5.49. The van der Waals surface area contributed by atoms with Crippen molar-refractivity contribution in [2.75, 3.05) is 24.6 Å². The van der Waals surface area contributed by atoms with Gasteiger partial charge in [0.2, 0.25) is 0 Å². The first-order chi connectivity index (χ1) is 16.1. The maximum atomic E-state index is 15.2. The van der Waals surface area contributed by atoms with Crippen LogP contribution in [-0.2, 0) is 23.9 Å². The Balaban J connectivity index is 1.85. The van der Waals surface area contributed by atoms with Crippen molar-refractivity contribution in [2.45, 2.75) is 46.0 Å². The molecular weight excluding hydrogens is 454 g/mol. The molecule has 0 radical (unpaired) electrons. The topological polar surface area (TPSA) is 65.2 Å². The van der Waals surface area contributed by atoms with Crippen LogP contribution in [0, 0.1) is 12.7 Å². The second-order valence-electron chi connectivity index (χ2n) is 8.39. The van der Waals surface area contributed by atoms with Crippen LogP contribution in [0.2, 0.25) is 0 Å². The largest absolute Gasteiger partial charge is 0.419 e. The lowest BCUT2D eigenvalue weighted by molar-refractivity contribution is -0.140. The van der Waals surface area contributed by atoms with Gasteiger partial charge in [0.1, 0.15) is 5.82 Å². The van der Waals surface area contributed by atoms with Gasteiger partial charge in [-0.15, -0.1) is 0 Å². The average Bonchev–Trinajstić information content (AvgIpc) is 3.23. The zero-order chi connectivity index (χ0) is 24.6. The number of halogens is 4. The van der Waals surface area contributed by atoms with E-state index in [1.807, 2.05) is 6.92 Å². The van der Waals surface area contributed by atoms with Gasteiger partial charge in [-0.3, -0.25) is 14.0 Å². The average molecular weight is 479 g/mol. The molecule has 3 aromatic rings. The van der Waals surface area contributed by atoms with E-state index < -0.39 is 28.9 Å². The molecule has 3 aromatic heterocycles. The molecule has 1 fully saturated rings. The SMILES string of the molecule is CCn1cc(Cc2cc(C)cn(-c3nc(N4CCO[C@H](C)C4)cc(C(F)(F)F)c3F)c2=O)cn1. The fourth-order valence-electron chi connectivity index (χ4n) is 4.02. The molecule has 0 amide bonds. The van der Waals surface area contributed by atoms with E-state index in [0.717, 1.165) is 10.1 Å². The number of morpholine rings is 1. The van der Waals surface area contributed by atoms with Gasteiger partial charge in [0.15, 0.2) is 11.6 Å². The van der Waals surface area contributed by atoms with E-state index in [-0.39, 0.29) is 18.3 Å². The molecule has 182 valence electrons. The minimum Gasteiger partial charge on any atom is -0.375 e. The van der Waals surface area contributed by atoms with Crippen LogP contribution in [0.25, 0.3) is 5.82 Å². The van der Waals surface area contributed by atoms with E-state index in [4.69, 9.17) is 4.74 Å². The van der Waals surface area contributed by atoms with Crippen LogP contribution in [0.3, 0.4) is 0 Å². The van der Waals surface area contributed by atoms with E-state index in [9.17, 15) is 18.0 Å². The van der Waals surface area contributed by atoms with Gasteiger partial charge in [0, 0.05) is 44.0 Å². The fraction of sp³-hybridized carbons (Fsp3) is 0.435. The van der Waals surface area contributed by atoms with Crippen LogP contribution in [0.1, 0.15) is 36.1 Å². The molecule has 1 saturated heterocycles. The molecule has 0 unspecified atom stereocenters. The van der Waals surface area contributed by atoms with Crippen LogP contribution in [0.4, 0.5) is 23.4 Å². The first-order valence-corrected chi connectivity index (χ1v) is 10.9. The first kappa shape index (κ1) is 23.9. The molecule has 0 aromatic carbocycles. The Morgan fingerprint density at radius 3 is 2.65 bits per heavy atom. The maximum Gasteiger partial charge on any atom is 0.419 e. The van der Waals surface area contributed by atoms with Gasteiger partial charge in [-0.1, -0.05) is 0 Å². The maximum absolute atomic E-state index is 15.2. The standard InChI is InChI=1S/C23H25F4N5O2/c1-4-31-13-16(10-28-31)8-17-7-14(2)11-32(22(17)33)21-20(24)18(23(25,26)27)9-19(29-21)30-5-6-34-15(3)12-30/h7,9-11,13,15H,4-6,8,12H2,1-3H3/t15-/m1/s1. The van der Waals surface area contributed by atoms with E-state index in [1.54, 1.807) is 41.9 Å². The molecule has 1 aliphatic rings. The van der Waals surface area contributed by atoms with Crippen molar-refractivity contribution in [1.82, 2.24) is 19.3 Å². The summed E-state index contributed by atoms with van der Waals surface area (Å²) in [5.41, 5.74) is -0.460. The Kier molecular flexibility index (Phi) is 6.48. The van der Waals surface area contributed by atoms with Crippen LogP contribution in [-0.4, -0.2) is 45.1 Å². The first-order valence-electron chi connectivity index (χ1n) is 10.9. The Bertz CT molecular complexity index is 1250. The van der Waals surface area contributed by atoms with Gasteiger partial charge in [0.25, 0.3) is 5.56 Å². The van der Waals surface area contributed by atoms with Gasteiger partial charge < -0.3 is 9.64 Å². The molecule has 4 heterocycles. The van der Waals surface area contributed by atoms with E-state index in [0.29, 0.717) is 43.4 Å². The molecule has 0 spiro atoms. The molecule has 0 saturated carbocycles. The lowest BCUT2D eigenvalue weighted by Gasteiger charge is -2.32. The van der Waals surface area contributed by atoms with Crippen molar-refractivity contribution < 1.29 is 22.3 Å². The predicted octanol–water partition coefficient (Wildman–Crippen LogP) is 3.73. The fourth-order valence-corrected chi connectivity index (χ4v) is 4.02. The normalized spacial score (nSPS) is 16.8. The van der Waals surface area contributed by atoms with Crippen LogP contribution in [0.15, 0.2) is 35.5 Å². The minimum absolute atomic E-state index is 0.0574. The van der Waals surface area contributed by atoms with Crippen molar-refractivity contribution in [3.05, 3.63) is 69.1 Å². The molecule has 4 rings (SSSR count). The summed E-state index contributed by atoms with van der Waals surface area (Å²) >= 11 is 0. The summed E-state index contributed by atoms with van der Waals surface area (Å²) in [6.07, 6.45) is -0.272. The number of alkyl halides is 3.